The van der Waals surface area contributed by atoms with Gasteiger partial charge in [0.25, 0.3) is 0 Å². The van der Waals surface area contributed by atoms with Crippen LogP contribution in [0.25, 0.3) is 0 Å². The average Bonchev–Trinajstić information content (AvgIpc) is 2.80. The van der Waals surface area contributed by atoms with E-state index < -0.39 is 0 Å². The third-order valence-corrected chi connectivity index (χ3v) is 3.85. The number of hydrogen-bond acceptors (Lipinski definition) is 3. The summed E-state index contributed by atoms with van der Waals surface area (Å²) in [5, 5.41) is 2.02. The second-order valence-electron chi connectivity index (χ2n) is 4.54. The maximum atomic E-state index is 11.9. The van der Waals surface area contributed by atoms with E-state index in [-0.39, 0.29) is 0 Å². The Morgan fingerprint density at radius 1 is 1.56 bits per heavy atom. The molecular formula is C12H18N2OS. The summed E-state index contributed by atoms with van der Waals surface area (Å²) in [7, 11) is 0. The summed E-state index contributed by atoms with van der Waals surface area (Å²) in [6.45, 7) is 4.14. The summed E-state index contributed by atoms with van der Waals surface area (Å²) in [6, 6.07) is 0. The van der Waals surface area contributed by atoms with Crippen molar-refractivity contribution in [1.82, 2.24) is 9.88 Å². The normalized spacial score (nSPS) is 17.7. The largest absolute Gasteiger partial charge is 0.343 e. The SMILES string of the molecule is CC1CCN(C(=O)CCc2cscn2)CC1. The van der Waals surface area contributed by atoms with Crippen LogP contribution < -0.4 is 0 Å². The lowest BCUT2D eigenvalue weighted by molar-refractivity contribution is -0.132. The van der Waals surface area contributed by atoms with Crippen molar-refractivity contribution < 1.29 is 4.79 Å². The quantitative estimate of drug-likeness (QED) is 0.809. The van der Waals surface area contributed by atoms with E-state index in [1.54, 1.807) is 11.3 Å². The Morgan fingerprint density at radius 3 is 2.94 bits per heavy atom. The highest BCUT2D eigenvalue weighted by Gasteiger charge is 2.19. The number of hydrogen-bond donors (Lipinski definition) is 0. The molecule has 1 fully saturated rings. The highest BCUT2D eigenvalue weighted by atomic mass is 32.1. The van der Waals surface area contributed by atoms with Gasteiger partial charge in [-0.3, -0.25) is 4.79 Å². The van der Waals surface area contributed by atoms with Crippen LogP contribution in [0.5, 0.6) is 0 Å². The molecule has 0 spiro atoms. The second-order valence-corrected chi connectivity index (χ2v) is 5.26. The van der Waals surface area contributed by atoms with Crippen molar-refractivity contribution >= 4 is 17.2 Å². The smallest absolute Gasteiger partial charge is 0.222 e. The third-order valence-electron chi connectivity index (χ3n) is 3.21. The Hall–Kier alpha value is -0.900. The predicted molar refractivity (Wildman–Crippen MR) is 65.4 cm³/mol. The van der Waals surface area contributed by atoms with Crippen LogP contribution in [0.4, 0.5) is 0 Å². The van der Waals surface area contributed by atoms with Gasteiger partial charge in [-0.2, -0.15) is 0 Å². The molecule has 1 amide bonds. The van der Waals surface area contributed by atoms with E-state index in [9.17, 15) is 4.79 Å². The number of thiazole rings is 1. The first kappa shape index (κ1) is 11.6. The molecule has 0 bridgehead atoms. The van der Waals surface area contributed by atoms with Gasteiger partial charge in [-0.1, -0.05) is 6.92 Å². The van der Waals surface area contributed by atoms with Crippen molar-refractivity contribution in [2.24, 2.45) is 5.92 Å². The Morgan fingerprint density at radius 2 is 2.31 bits per heavy atom. The van der Waals surface area contributed by atoms with Crippen LogP contribution in [0.2, 0.25) is 0 Å². The molecule has 1 aliphatic rings. The van der Waals surface area contributed by atoms with Crippen molar-refractivity contribution in [2.45, 2.75) is 32.6 Å². The molecule has 0 unspecified atom stereocenters. The van der Waals surface area contributed by atoms with Gasteiger partial charge >= 0.3 is 0 Å². The fourth-order valence-electron chi connectivity index (χ4n) is 2.01. The van der Waals surface area contributed by atoms with Gasteiger partial charge < -0.3 is 4.90 Å². The molecule has 1 saturated heterocycles. The van der Waals surface area contributed by atoms with Gasteiger partial charge in [0, 0.05) is 24.9 Å². The highest BCUT2D eigenvalue weighted by molar-refractivity contribution is 7.07. The van der Waals surface area contributed by atoms with Gasteiger partial charge in [0.05, 0.1) is 11.2 Å². The number of rotatable bonds is 3. The highest BCUT2D eigenvalue weighted by Crippen LogP contribution is 2.17. The summed E-state index contributed by atoms with van der Waals surface area (Å²) in [5.41, 5.74) is 2.87. The number of aromatic nitrogens is 1. The Bertz CT molecular complexity index is 329. The number of carbonyl (C=O) groups excluding carboxylic acids is 1. The molecule has 88 valence electrons. The van der Waals surface area contributed by atoms with E-state index in [0.717, 1.165) is 44.0 Å². The molecule has 1 aromatic rings. The fourth-order valence-corrected chi connectivity index (χ4v) is 2.61. The molecule has 0 saturated carbocycles. The molecule has 0 aromatic carbocycles. The lowest BCUT2D eigenvalue weighted by Crippen LogP contribution is -2.38. The van der Waals surface area contributed by atoms with E-state index in [1.165, 1.54) is 0 Å². The Kier molecular flexibility index (Phi) is 3.93. The number of carbonyl (C=O) groups is 1. The van der Waals surface area contributed by atoms with Gasteiger partial charge in [-0.05, 0) is 25.2 Å². The minimum absolute atomic E-state index is 0.292. The van der Waals surface area contributed by atoms with Crippen LogP contribution in [0.3, 0.4) is 0 Å². The van der Waals surface area contributed by atoms with Gasteiger partial charge in [-0.15, -0.1) is 11.3 Å². The second kappa shape index (κ2) is 5.43. The molecule has 0 atom stereocenters. The van der Waals surface area contributed by atoms with E-state index in [1.807, 2.05) is 15.8 Å². The minimum Gasteiger partial charge on any atom is -0.343 e. The summed E-state index contributed by atoms with van der Waals surface area (Å²) in [6.07, 6.45) is 3.71. The topological polar surface area (TPSA) is 33.2 Å². The van der Waals surface area contributed by atoms with Gasteiger partial charge in [0.2, 0.25) is 5.91 Å². The lowest BCUT2D eigenvalue weighted by Gasteiger charge is -2.30. The fraction of sp³-hybridized carbons (Fsp3) is 0.667. The number of piperidine rings is 1. The molecule has 2 heterocycles. The van der Waals surface area contributed by atoms with Crippen LogP contribution in [0.1, 0.15) is 31.9 Å². The van der Waals surface area contributed by atoms with Crippen molar-refractivity contribution in [1.29, 1.82) is 0 Å². The molecule has 4 heteroatoms. The molecule has 1 aromatic heterocycles. The molecule has 16 heavy (non-hydrogen) atoms. The van der Waals surface area contributed by atoms with Crippen LogP contribution in [-0.2, 0) is 11.2 Å². The number of likely N-dealkylation sites (tertiary alicyclic amines) is 1. The maximum Gasteiger partial charge on any atom is 0.222 e. The van der Waals surface area contributed by atoms with Gasteiger partial charge in [0.15, 0.2) is 0 Å². The van der Waals surface area contributed by atoms with Gasteiger partial charge in [-0.25, -0.2) is 4.98 Å². The number of nitrogens with zero attached hydrogens (tertiary/aromatic N) is 2. The molecule has 0 N–H and O–H groups in total. The van der Waals surface area contributed by atoms with Crippen molar-refractivity contribution in [2.75, 3.05) is 13.1 Å². The van der Waals surface area contributed by atoms with E-state index >= 15 is 0 Å². The van der Waals surface area contributed by atoms with Crippen LogP contribution in [-0.4, -0.2) is 28.9 Å². The predicted octanol–water partition coefficient (Wildman–Crippen LogP) is 2.33. The molecule has 3 nitrogen and oxygen atoms in total. The Labute approximate surface area is 100 Å². The van der Waals surface area contributed by atoms with Crippen molar-refractivity contribution in [3.8, 4) is 0 Å². The minimum atomic E-state index is 0.292. The van der Waals surface area contributed by atoms with Crippen LogP contribution >= 0.6 is 11.3 Å². The average molecular weight is 238 g/mol. The monoisotopic (exact) mass is 238 g/mol. The van der Waals surface area contributed by atoms with E-state index in [4.69, 9.17) is 0 Å². The maximum absolute atomic E-state index is 11.9. The molecule has 1 aliphatic heterocycles. The Balaban J connectivity index is 1.75. The zero-order chi connectivity index (χ0) is 11.4. The number of aryl methyl sites for hydroxylation is 1. The summed E-state index contributed by atoms with van der Waals surface area (Å²) >= 11 is 1.59. The first-order chi connectivity index (χ1) is 7.75. The standard InChI is InChI=1S/C12H18N2OS/c1-10-4-6-14(7-5-10)12(15)3-2-11-8-16-9-13-11/h8-10H,2-7H2,1H3. The van der Waals surface area contributed by atoms with Crippen molar-refractivity contribution in [3.05, 3.63) is 16.6 Å². The molecular weight excluding hydrogens is 220 g/mol. The zero-order valence-corrected chi connectivity index (χ0v) is 10.5. The van der Waals surface area contributed by atoms with Gasteiger partial charge in [0.1, 0.15) is 0 Å². The lowest BCUT2D eigenvalue weighted by atomic mass is 9.99. The van der Waals surface area contributed by atoms with Crippen molar-refractivity contribution in [3.63, 3.8) is 0 Å². The summed E-state index contributed by atoms with van der Waals surface area (Å²) in [5.74, 6) is 1.07. The molecule has 2 rings (SSSR count). The zero-order valence-electron chi connectivity index (χ0n) is 9.69. The first-order valence-corrected chi connectivity index (χ1v) is 6.85. The third kappa shape index (κ3) is 3.04. The van der Waals surface area contributed by atoms with Crippen LogP contribution in [0, 0.1) is 5.92 Å². The van der Waals surface area contributed by atoms with Crippen LogP contribution in [0.15, 0.2) is 10.9 Å². The van der Waals surface area contributed by atoms with E-state index in [2.05, 4.69) is 11.9 Å². The molecule has 0 radical (unpaired) electrons. The number of amides is 1. The summed E-state index contributed by atoms with van der Waals surface area (Å²) in [4.78, 5) is 18.1. The summed E-state index contributed by atoms with van der Waals surface area (Å²) < 4.78 is 0. The molecule has 0 aliphatic carbocycles. The first-order valence-electron chi connectivity index (χ1n) is 5.90. The van der Waals surface area contributed by atoms with E-state index in [0.29, 0.717) is 12.3 Å².